The lowest BCUT2D eigenvalue weighted by Crippen LogP contribution is -2.37. The van der Waals surface area contributed by atoms with Gasteiger partial charge in [0.2, 0.25) is 0 Å². The minimum atomic E-state index is -0.338. The van der Waals surface area contributed by atoms with E-state index in [0.717, 1.165) is 31.2 Å². The Hall–Kier alpha value is -1.14. The molecule has 0 aromatic carbocycles. The third kappa shape index (κ3) is 3.67. The number of aromatic nitrogens is 1. The first-order chi connectivity index (χ1) is 9.24. The smallest absolute Gasteiger partial charge is 0.357 e. The first kappa shape index (κ1) is 14.3. The molecule has 1 unspecified atom stereocenters. The summed E-state index contributed by atoms with van der Waals surface area (Å²) in [7, 11) is 1.74. The predicted octanol–water partition coefficient (Wildman–Crippen LogP) is 2.18. The molecular formula is C13H20N2O3S. The number of hydrogen-bond acceptors (Lipinski definition) is 6. The third-order valence-corrected chi connectivity index (χ3v) is 4.07. The Morgan fingerprint density at radius 1 is 1.63 bits per heavy atom. The van der Waals surface area contributed by atoms with Crippen molar-refractivity contribution in [1.29, 1.82) is 0 Å². The zero-order valence-corrected chi connectivity index (χ0v) is 12.2. The molecule has 0 aliphatic carbocycles. The van der Waals surface area contributed by atoms with E-state index in [1.165, 1.54) is 17.8 Å². The highest BCUT2D eigenvalue weighted by Gasteiger charge is 2.23. The lowest BCUT2D eigenvalue weighted by molar-refractivity contribution is 0.0520. The predicted molar refractivity (Wildman–Crippen MR) is 74.9 cm³/mol. The number of methoxy groups -OCH3 is 1. The number of nitrogens with zero attached hydrogens (tertiary/aromatic N) is 2. The van der Waals surface area contributed by atoms with Crippen LogP contribution in [0.1, 0.15) is 30.3 Å². The summed E-state index contributed by atoms with van der Waals surface area (Å²) in [5.41, 5.74) is 0.413. The standard InChI is InChI=1S/C13H20N2O3S/c1-3-18-12(16)11-9-19-13(14-11)15-6-4-5-10(7-15)8-17-2/h9-10H,3-8H2,1-2H3. The molecule has 0 saturated carbocycles. The van der Waals surface area contributed by atoms with Gasteiger partial charge in [0.25, 0.3) is 0 Å². The number of esters is 1. The monoisotopic (exact) mass is 284 g/mol. The first-order valence-corrected chi connectivity index (χ1v) is 7.49. The van der Waals surface area contributed by atoms with Gasteiger partial charge in [-0.15, -0.1) is 11.3 Å². The summed E-state index contributed by atoms with van der Waals surface area (Å²) in [6.07, 6.45) is 2.34. The van der Waals surface area contributed by atoms with Gasteiger partial charge in [0, 0.05) is 25.6 Å². The van der Waals surface area contributed by atoms with Crippen molar-refractivity contribution >= 4 is 22.4 Å². The highest BCUT2D eigenvalue weighted by Crippen LogP contribution is 2.26. The van der Waals surface area contributed by atoms with E-state index in [-0.39, 0.29) is 5.97 Å². The molecule has 0 radical (unpaired) electrons. The van der Waals surface area contributed by atoms with Crippen LogP contribution in [0.5, 0.6) is 0 Å². The Morgan fingerprint density at radius 2 is 2.47 bits per heavy atom. The van der Waals surface area contributed by atoms with Gasteiger partial charge in [-0.3, -0.25) is 0 Å². The molecule has 2 heterocycles. The second kappa shape index (κ2) is 6.86. The summed E-state index contributed by atoms with van der Waals surface area (Å²) in [6, 6.07) is 0. The van der Waals surface area contributed by atoms with Crippen LogP contribution in [0.4, 0.5) is 5.13 Å². The number of carbonyl (C=O) groups is 1. The van der Waals surface area contributed by atoms with Crippen LogP contribution in [0.25, 0.3) is 0 Å². The summed E-state index contributed by atoms with van der Waals surface area (Å²) in [5, 5.41) is 2.68. The summed E-state index contributed by atoms with van der Waals surface area (Å²) < 4.78 is 10.2. The molecule has 1 aliphatic heterocycles. The normalized spacial score (nSPS) is 19.5. The molecule has 1 atom stereocenters. The van der Waals surface area contributed by atoms with Gasteiger partial charge in [-0.05, 0) is 25.7 Å². The van der Waals surface area contributed by atoms with Crippen molar-refractivity contribution in [2.75, 3.05) is 38.3 Å². The maximum Gasteiger partial charge on any atom is 0.357 e. The van der Waals surface area contributed by atoms with Gasteiger partial charge in [-0.1, -0.05) is 0 Å². The Bertz CT molecular complexity index is 420. The van der Waals surface area contributed by atoms with Crippen LogP contribution >= 0.6 is 11.3 Å². The third-order valence-electron chi connectivity index (χ3n) is 3.17. The van der Waals surface area contributed by atoms with Crippen LogP contribution in [-0.2, 0) is 9.47 Å². The van der Waals surface area contributed by atoms with E-state index in [0.29, 0.717) is 18.2 Å². The van der Waals surface area contributed by atoms with E-state index in [1.54, 1.807) is 19.4 Å². The average Bonchev–Trinajstić information content (AvgIpc) is 2.89. The number of rotatable bonds is 5. The van der Waals surface area contributed by atoms with Gasteiger partial charge in [-0.25, -0.2) is 9.78 Å². The van der Waals surface area contributed by atoms with E-state index in [9.17, 15) is 4.79 Å². The minimum Gasteiger partial charge on any atom is -0.461 e. The van der Waals surface area contributed by atoms with Crippen LogP contribution < -0.4 is 4.90 Å². The minimum absolute atomic E-state index is 0.338. The second-order valence-electron chi connectivity index (χ2n) is 4.65. The maximum atomic E-state index is 11.6. The van der Waals surface area contributed by atoms with Crippen molar-refractivity contribution in [3.63, 3.8) is 0 Å². The largest absolute Gasteiger partial charge is 0.461 e. The van der Waals surface area contributed by atoms with Crippen molar-refractivity contribution in [2.24, 2.45) is 5.92 Å². The summed E-state index contributed by atoms with van der Waals surface area (Å²) in [6.45, 7) is 4.91. The molecule has 1 aromatic rings. The van der Waals surface area contributed by atoms with Gasteiger partial charge in [-0.2, -0.15) is 0 Å². The molecule has 0 spiro atoms. The topological polar surface area (TPSA) is 51.7 Å². The number of hydrogen-bond donors (Lipinski definition) is 0. The lowest BCUT2D eigenvalue weighted by Gasteiger charge is -2.32. The molecule has 1 fully saturated rings. The summed E-state index contributed by atoms with van der Waals surface area (Å²) in [4.78, 5) is 18.2. The van der Waals surface area contributed by atoms with E-state index in [2.05, 4.69) is 9.88 Å². The summed E-state index contributed by atoms with van der Waals surface area (Å²) >= 11 is 1.50. The Kier molecular flexibility index (Phi) is 5.15. The van der Waals surface area contributed by atoms with E-state index in [1.807, 2.05) is 0 Å². The number of ether oxygens (including phenoxy) is 2. The van der Waals surface area contributed by atoms with Crippen LogP contribution in [0.3, 0.4) is 0 Å². The van der Waals surface area contributed by atoms with Gasteiger partial charge in [0.05, 0.1) is 13.2 Å². The number of anilines is 1. The van der Waals surface area contributed by atoms with Crippen molar-refractivity contribution < 1.29 is 14.3 Å². The first-order valence-electron chi connectivity index (χ1n) is 6.61. The van der Waals surface area contributed by atoms with Gasteiger partial charge < -0.3 is 14.4 Å². The molecular weight excluding hydrogens is 264 g/mol. The van der Waals surface area contributed by atoms with Crippen LogP contribution in [0, 0.1) is 5.92 Å². The van der Waals surface area contributed by atoms with Crippen molar-refractivity contribution in [1.82, 2.24) is 4.98 Å². The van der Waals surface area contributed by atoms with E-state index < -0.39 is 0 Å². The number of carbonyl (C=O) groups excluding carboxylic acids is 1. The fourth-order valence-electron chi connectivity index (χ4n) is 2.32. The van der Waals surface area contributed by atoms with Gasteiger partial charge >= 0.3 is 5.97 Å². The van der Waals surface area contributed by atoms with Crippen molar-refractivity contribution in [3.8, 4) is 0 Å². The molecule has 0 bridgehead atoms. The van der Waals surface area contributed by atoms with Crippen LogP contribution in [-0.4, -0.2) is 44.4 Å². The van der Waals surface area contributed by atoms with Crippen molar-refractivity contribution in [2.45, 2.75) is 19.8 Å². The SMILES string of the molecule is CCOC(=O)c1csc(N2CCCC(COC)C2)n1. The van der Waals surface area contributed by atoms with Crippen LogP contribution in [0.15, 0.2) is 5.38 Å². The van der Waals surface area contributed by atoms with Gasteiger partial charge in [0.1, 0.15) is 0 Å². The molecule has 0 amide bonds. The average molecular weight is 284 g/mol. The quantitative estimate of drug-likeness (QED) is 0.776. The van der Waals surface area contributed by atoms with Crippen LogP contribution in [0.2, 0.25) is 0 Å². The zero-order valence-electron chi connectivity index (χ0n) is 11.4. The highest BCUT2D eigenvalue weighted by molar-refractivity contribution is 7.13. The molecule has 1 aliphatic rings. The van der Waals surface area contributed by atoms with Gasteiger partial charge in [0.15, 0.2) is 10.8 Å². The number of thiazole rings is 1. The molecule has 1 saturated heterocycles. The lowest BCUT2D eigenvalue weighted by atomic mass is 9.99. The van der Waals surface area contributed by atoms with E-state index >= 15 is 0 Å². The summed E-state index contributed by atoms with van der Waals surface area (Å²) in [5.74, 6) is 0.212. The Morgan fingerprint density at radius 3 is 3.21 bits per heavy atom. The molecule has 2 rings (SSSR count). The second-order valence-corrected chi connectivity index (χ2v) is 5.48. The molecule has 5 nitrogen and oxygen atoms in total. The number of piperidine rings is 1. The van der Waals surface area contributed by atoms with Crippen molar-refractivity contribution in [3.05, 3.63) is 11.1 Å². The maximum absolute atomic E-state index is 11.6. The Labute approximate surface area is 117 Å². The zero-order chi connectivity index (χ0) is 13.7. The molecule has 0 N–H and O–H groups in total. The van der Waals surface area contributed by atoms with E-state index in [4.69, 9.17) is 9.47 Å². The fraction of sp³-hybridized carbons (Fsp3) is 0.692. The highest BCUT2D eigenvalue weighted by atomic mass is 32.1. The Balaban J connectivity index is 1.99. The molecule has 6 heteroatoms. The molecule has 106 valence electrons. The molecule has 19 heavy (non-hydrogen) atoms. The fourth-order valence-corrected chi connectivity index (χ4v) is 3.15. The molecule has 1 aromatic heterocycles.